The second kappa shape index (κ2) is 8.28. The van der Waals surface area contributed by atoms with Crippen LogP contribution in [0.4, 0.5) is 0 Å². The van der Waals surface area contributed by atoms with Crippen LogP contribution in [0, 0.1) is 5.92 Å². The van der Waals surface area contributed by atoms with Crippen LogP contribution < -0.4 is 5.32 Å². The molecule has 2 fully saturated rings. The van der Waals surface area contributed by atoms with Crippen molar-refractivity contribution >= 4 is 17.7 Å². The van der Waals surface area contributed by atoms with Crippen LogP contribution in [0.3, 0.4) is 0 Å². The average molecular weight is 299 g/mol. The molecule has 4 heteroatoms. The smallest absolute Gasteiger partial charge is 0.220 e. The van der Waals surface area contributed by atoms with E-state index in [1.165, 1.54) is 38.5 Å². The summed E-state index contributed by atoms with van der Waals surface area (Å²) >= 11 is 1.89. The lowest BCUT2D eigenvalue weighted by molar-refractivity contribution is -0.122. The van der Waals surface area contributed by atoms with Crippen molar-refractivity contribution in [3.63, 3.8) is 0 Å². The molecule has 1 aliphatic heterocycles. The Morgan fingerprint density at radius 1 is 1.20 bits per heavy atom. The SMILES string of the molecule is O=C(CCCC1CCCCC1)NCC1(O)CCSCC1. The van der Waals surface area contributed by atoms with Gasteiger partial charge in [0.25, 0.3) is 0 Å². The van der Waals surface area contributed by atoms with Gasteiger partial charge in [-0.05, 0) is 43.1 Å². The first-order chi connectivity index (χ1) is 9.68. The number of carbonyl (C=O) groups excluding carboxylic acids is 1. The highest BCUT2D eigenvalue weighted by Gasteiger charge is 2.29. The normalized spacial score (nSPS) is 23.4. The van der Waals surface area contributed by atoms with Crippen LogP contribution in [-0.4, -0.2) is 34.7 Å². The van der Waals surface area contributed by atoms with Gasteiger partial charge < -0.3 is 10.4 Å². The third-order valence-electron chi connectivity index (χ3n) is 4.78. The number of nitrogens with one attached hydrogen (secondary N) is 1. The van der Waals surface area contributed by atoms with Crippen molar-refractivity contribution in [1.82, 2.24) is 5.32 Å². The Bertz CT molecular complexity index is 297. The summed E-state index contributed by atoms with van der Waals surface area (Å²) < 4.78 is 0. The Labute approximate surface area is 127 Å². The summed E-state index contributed by atoms with van der Waals surface area (Å²) in [5, 5.41) is 13.3. The molecule has 0 bridgehead atoms. The van der Waals surface area contributed by atoms with Crippen molar-refractivity contribution in [2.75, 3.05) is 18.1 Å². The van der Waals surface area contributed by atoms with Gasteiger partial charge in [-0.3, -0.25) is 4.79 Å². The van der Waals surface area contributed by atoms with Gasteiger partial charge in [-0.25, -0.2) is 0 Å². The zero-order valence-corrected chi connectivity index (χ0v) is 13.3. The molecule has 3 nitrogen and oxygen atoms in total. The van der Waals surface area contributed by atoms with Gasteiger partial charge in [0.15, 0.2) is 0 Å². The summed E-state index contributed by atoms with van der Waals surface area (Å²) in [4.78, 5) is 11.8. The molecule has 0 aromatic carbocycles. The maximum atomic E-state index is 11.8. The van der Waals surface area contributed by atoms with E-state index in [9.17, 15) is 9.90 Å². The van der Waals surface area contributed by atoms with Crippen molar-refractivity contribution in [1.29, 1.82) is 0 Å². The Morgan fingerprint density at radius 3 is 2.60 bits per heavy atom. The summed E-state index contributed by atoms with van der Waals surface area (Å²) in [5.74, 6) is 2.99. The number of aliphatic hydroxyl groups is 1. The standard InChI is InChI=1S/C16H29NO2S/c18-15(8-4-7-14-5-2-1-3-6-14)17-13-16(19)9-11-20-12-10-16/h14,19H,1-13H2,(H,17,18). The van der Waals surface area contributed by atoms with Crippen LogP contribution in [0.25, 0.3) is 0 Å². The lowest BCUT2D eigenvalue weighted by atomic mass is 9.86. The third-order valence-corrected chi connectivity index (χ3v) is 5.76. The van der Waals surface area contributed by atoms with Gasteiger partial charge in [0.1, 0.15) is 0 Å². The number of thioether (sulfide) groups is 1. The van der Waals surface area contributed by atoms with Gasteiger partial charge >= 0.3 is 0 Å². The molecule has 1 saturated carbocycles. The Balaban J connectivity index is 1.55. The van der Waals surface area contributed by atoms with Gasteiger partial charge in [0.05, 0.1) is 5.60 Å². The number of hydrogen-bond donors (Lipinski definition) is 2. The van der Waals surface area contributed by atoms with Gasteiger partial charge in [0, 0.05) is 13.0 Å². The van der Waals surface area contributed by atoms with Crippen LogP contribution >= 0.6 is 11.8 Å². The molecule has 0 aromatic rings. The van der Waals surface area contributed by atoms with Gasteiger partial charge in [-0.15, -0.1) is 0 Å². The van der Waals surface area contributed by atoms with E-state index in [0.717, 1.165) is 36.7 Å². The van der Waals surface area contributed by atoms with Crippen molar-refractivity contribution in [2.24, 2.45) is 5.92 Å². The third kappa shape index (κ3) is 5.65. The molecular formula is C16H29NO2S. The topological polar surface area (TPSA) is 49.3 Å². The molecular weight excluding hydrogens is 270 g/mol. The van der Waals surface area contributed by atoms with E-state index in [-0.39, 0.29) is 5.91 Å². The number of carbonyl (C=O) groups is 1. The quantitative estimate of drug-likeness (QED) is 0.792. The van der Waals surface area contributed by atoms with Crippen LogP contribution in [0.1, 0.15) is 64.2 Å². The van der Waals surface area contributed by atoms with E-state index in [4.69, 9.17) is 0 Å². The molecule has 1 saturated heterocycles. The van der Waals surface area contributed by atoms with E-state index in [1.54, 1.807) is 0 Å². The second-order valence-corrected chi connectivity index (χ2v) is 7.73. The first-order valence-corrected chi connectivity index (χ1v) is 9.40. The van der Waals surface area contributed by atoms with Crippen LogP contribution in [0.2, 0.25) is 0 Å². The van der Waals surface area contributed by atoms with Gasteiger partial charge in [-0.1, -0.05) is 32.1 Å². The maximum absolute atomic E-state index is 11.8. The number of amides is 1. The molecule has 0 aromatic heterocycles. The van der Waals surface area contributed by atoms with E-state index in [0.29, 0.717) is 13.0 Å². The van der Waals surface area contributed by atoms with Crippen LogP contribution in [0.15, 0.2) is 0 Å². The molecule has 20 heavy (non-hydrogen) atoms. The number of hydrogen-bond acceptors (Lipinski definition) is 3. The minimum Gasteiger partial charge on any atom is -0.388 e. The predicted octanol–water partition coefficient (Wildman–Crippen LogP) is 3.11. The number of rotatable bonds is 6. The molecule has 0 atom stereocenters. The fraction of sp³-hybridized carbons (Fsp3) is 0.938. The predicted molar refractivity (Wildman–Crippen MR) is 84.9 cm³/mol. The van der Waals surface area contributed by atoms with Crippen molar-refractivity contribution in [3.8, 4) is 0 Å². The maximum Gasteiger partial charge on any atom is 0.220 e. The first-order valence-electron chi connectivity index (χ1n) is 8.25. The Hall–Kier alpha value is -0.220. The largest absolute Gasteiger partial charge is 0.388 e. The fourth-order valence-corrected chi connectivity index (χ4v) is 4.56. The van der Waals surface area contributed by atoms with Crippen molar-refractivity contribution in [3.05, 3.63) is 0 Å². The lowest BCUT2D eigenvalue weighted by Gasteiger charge is -2.31. The lowest BCUT2D eigenvalue weighted by Crippen LogP contribution is -2.45. The molecule has 2 rings (SSSR count). The van der Waals surface area contributed by atoms with Gasteiger partial charge in [-0.2, -0.15) is 11.8 Å². The molecule has 0 spiro atoms. The molecule has 2 N–H and O–H groups in total. The van der Waals surface area contributed by atoms with E-state index in [2.05, 4.69) is 5.32 Å². The fourth-order valence-electron chi connectivity index (χ4n) is 3.31. The summed E-state index contributed by atoms with van der Waals surface area (Å²) in [5.41, 5.74) is -0.649. The molecule has 116 valence electrons. The molecule has 0 unspecified atom stereocenters. The van der Waals surface area contributed by atoms with Crippen LogP contribution in [0.5, 0.6) is 0 Å². The summed E-state index contributed by atoms with van der Waals surface area (Å²) in [6, 6.07) is 0. The Morgan fingerprint density at radius 2 is 1.90 bits per heavy atom. The van der Waals surface area contributed by atoms with E-state index >= 15 is 0 Å². The zero-order chi connectivity index (χ0) is 14.3. The monoisotopic (exact) mass is 299 g/mol. The second-order valence-electron chi connectivity index (χ2n) is 6.51. The summed E-state index contributed by atoms with van der Waals surface area (Å²) in [6.07, 6.45) is 11.3. The van der Waals surface area contributed by atoms with Crippen molar-refractivity contribution in [2.45, 2.75) is 69.8 Å². The van der Waals surface area contributed by atoms with Gasteiger partial charge in [0.2, 0.25) is 5.91 Å². The van der Waals surface area contributed by atoms with E-state index < -0.39 is 5.60 Å². The Kier molecular flexibility index (Phi) is 6.69. The van der Waals surface area contributed by atoms with Crippen molar-refractivity contribution < 1.29 is 9.90 Å². The minimum atomic E-state index is -0.649. The molecule has 2 aliphatic rings. The summed E-state index contributed by atoms with van der Waals surface area (Å²) in [7, 11) is 0. The van der Waals surface area contributed by atoms with Crippen LogP contribution in [-0.2, 0) is 4.79 Å². The average Bonchev–Trinajstić information content (AvgIpc) is 2.47. The van der Waals surface area contributed by atoms with E-state index in [1.807, 2.05) is 11.8 Å². The molecule has 1 heterocycles. The molecule has 0 radical (unpaired) electrons. The summed E-state index contributed by atoms with van der Waals surface area (Å²) in [6.45, 7) is 0.440. The molecule has 1 amide bonds. The highest BCUT2D eigenvalue weighted by molar-refractivity contribution is 7.99. The first kappa shape index (κ1) is 16.2. The molecule has 1 aliphatic carbocycles. The minimum absolute atomic E-state index is 0.118. The zero-order valence-electron chi connectivity index (χ0n) is 12.5. The highest BCUT2D eigenvalue weighted by atomic mass is 32.2. The highest BCUT2D eigenvalue weighted by Crippen LogP contribution is 2.28.